The predicted octanol–water partition coefficient (Wildman–Crippen LogP) is 2.48. The normalized spacial score (nSPS) is 10.2. The molecule has 4 nitrogen and oxygen atoms in total. The smallest absolute Gasteiger partial charge is 0.222 e. The number of carbonyl (C=O) groups excluding carboxylic acids is 1. The van der Waals surface area contributed by atoms with E-state index >= 15 is 0 Å². The molecule has 0 aliphatic rings. The third kappa shape index (κ3) is 4.52. The van der Waals surface area contributed by atoms with Crippen molar-refractivity contribution >= 4 is 11.6 Å². The first-order valence-electron chi connectivity index (χ1n) is 6.51. The van der Waals surface area contributed by atoms with Crippen LogP contribution in [0.15, 0.2) is 42.6 Å². The number of aromatic nitrogens is 1. The van der Waals surface area contributed by atoms with Gasteiger partial charge in [0, 0.05) is 19.2 Å². The molecule has 21 heavy (non-hydrogen) atoms. The van der Waals surface area contributed by atoms with Gasteiger partial charge in [-0.3, -0.25) is 9.78 Å². The highest BCUT2D eigenvalue weighted by molar-refractivity contribution is 5.76. The Hall–Kier alpha value is -2.50. The molecule has 1 aromatic heterocycles. The van der Waals surface area contributed by atoms with Gasteiger partial charge >= 0.3 is 0 Å². The number of para-hydroxylation sites is 1. The second kappa shape index (κ2) is 7.33. The van der Waals surface area contributed by atoms with Gasteiger partial charge in [0.05, 0.1) is 12.2 Å². The number of pyridine rings is 1. The number of hydrogen-bond acceptors (Lipinski definition) is 3. The van der Waals surface area contributed by atoms with Gasteiger partial charge in [-0.1, -0.05) is 12.1 Å². The fraction of sp³-hybridized carbons (Fsp3) is 0.200. The molecule has 2 rings (SSSR count). The molecule has 0 saturated carbocycles. The van der Waals surface area contributed by atoms with E-state index < -0.39 is 11.6 Å². The van der Waals surface area contributed by atoms with Gasteiger partial charge in [0.25, 0.3) is 0 Å². The van der Waals surface area contributed by atoms with Crippen molar-refractivity contribution in [3.05, 3.63) is 59.9 Å². The van der Waals surface area contributed by atoms with Crippen LogP contribution in [0.5, 0.6) is 0 Å². The zero-order valence-corrected chi connectivity index (χ0v) is 11.3. The summed E-state index contributed by atoms with van der Waals surface area (Å²) >= 11 is 0. The maximum atomic E-state index is 13.3. The molecule has 0 aliphatic heterocycles. The zero-order valence-electron chi connectivity index (χ0n) is 11.3. The van der Waals surface area contributed by atoms with Crippen molar-refractivity contribution in [3.8, 4) is 0 Å². The molecule has 0 unspecified atom stereocenters. The van der Waals surface area contributed by atoms with Crippen LogP contribution in [-0.2, 0) is 11.3 Å². The molecule has 0 fully saturated rings. The summed E-state index contributed by atoms with van der Waals surface area (Å²) in [6.45, 7) is 0.472. The number of anilines is 1. The highest BCUT2D eigenvalue weighted by Gasteiger charge is 2.08. The summed E-state index contributed by atoms with van der Waals surface area (Å²) < 4.78 is 26.7. The Morgan fingerprint density at radius 2 is 1.86 bits per heavy atom. The van der Waals surface area contributed by atoms with Crippen LogP contribution in [0.25, 0.3) is 0 Å². The van der Waals surface area contributed by atoms with E-state index in [0.717, 1.165) is 17.8 Å². The summed E-state index contributed by atoms with van der Waals surface area (Å²) in [6, 6.07) is 9.02. The Kier molecular flexibility index (Phi) is 5.20. The fourth-order valence-corrected chi connectivity index (χ4v) is 1.75. The molecule has 0 atom stereocenters. The number of nitrogens with zero attached hydrogens (tertiary/aromatic N) is 1. The molecule has 1 aromatic carbocycles. The number of nitrogens with one attached hydrogen (secondary N) is 2. The average Bonchev–Trinajstić information content (AvgIpc) is 2.49. The van der Waals surface area contributed by atoms with Crippen LogP contribution >= 0.6 is 0 Å². The van der Waals surface area contributed by atoms with Crippen molar-refractivity contribution in [2.45, 2.75) is 13.0 Å². The first kappa shape index (κ1) is 14.9. The molecule has 0 radical (unpaired) electrons. The molecule has 0 bridgehead atoms. The number of benzene rings is 1. The lowest BCUT2D eigenvalue weighted by atomic mass is 10.2. The van der Waals surface area contributed by atoms with Gasteiger partial charge in [0.2, 0.25) is 5.91 Å². The van der Waals surface area contributed by atoms with Gasteiger partial charge in [-0.15, -0.1) is 0 Å². The van der Waals surface area contributed by atoms with E-state index in [2.05, 4.69) is 15.6 Å². The van der Waals surface area contributed by atoms with E-state index in [1.807, 2.05) is 6.07 Å². The molecule has 1 heterocycles. The standard InChI is InChI=1S/C15H15F2N3O/c16-12-5-3-6-13(17)15(12)19-9-7-14(21)20-10-11-4-1-2-8-18-11/h1-6,8,19H,7,9-10H2,(H,20,21). The van der Waals surface area contributed by atoms with Crippen molar-refractivity contribution in [1.82, 2.24) is 10.3 Å². The lowest BCUT2D eigenvalue weighted by Crippen LogP contribution is -2.25. The van der Waals surface area contributed by atoms with Gasteiger partial charge in [0.15, 0.2) is 0 Å². The van der Waals surface area contributed by atoms with Crippen molar-refractivity contribution in [3.63, 3.8) is 0 Å². The van der Waals surface area contributed by atoms with Crippen LogP contribution in [0.4, 0.5) is 14.5 Å². The van der Waals surface area contributed by atoms with Gasteiger partial charge < -0.3 is 10.6 Å². The molecule has 2 N–H and O–H groups in total. The van der Waals surface area contributed by atoms with E-state index in [1.54, 1.807) is 18.3 Å². The predicted molar refractivity (Wildman–Crippen MR) is 75.5 cm³/mol. The molecule has 110 valence electrons. The first-order valence-corrected chi connectivity index (χ1v) is 6.51. The molecular formula is C15H15F2N3O. The quantitative estimate of drug-likeness (QED) is 0.859. The first-order chi connectivity index (χ1) is 10.2. The Morgan fingerprint density at radius 3 is 2.52 bits per heavy atom. The van der Waals surface area contributed by atoms with Crippen LogP contribution in [0.1, 0.15) is 12.1 Å². The molecule has 2 aromatic rings. The van der Waals surface area contributed by atoms with E-state index in [-0.39, 0.29) is 24.6 Å². The van der Waals surface area contributed by atoms with Crippen LogP contribution in [0, 0.1) is 11.6 Å². The average molecular weight is 291 g/mol. The van der Waals surface area contributed by atoms with Crippen molar-refractivity contribution in [1.29, 1.82) is 0 Å². The van der Waals surface area contributed by atoms with E-state index in [0.29, 0.717) is 6.54 Å². The Labute approximate surface area is 121 Å². The topological polar surface area (TPSA) is 54.0 Å². The van der Waals surface area contributed by atoms with Crippen molar-refractivity contribution in [2.24, 2.45) is 0 Å². The van der Waals surface area contributed by atoms with Crippen LogP contribution in [0.2, 0.25) is 0 Å². The van der Waals surface area contributed by atoms with Crippen molar-refractivity contribution in [2.75, 3.05) is 11.9 Å². The lowest BCUT2D eigenvalue weighted by Gasteiger charge is -2.09. The maximum absolute atomic E-state index is 13.3. The lowest BCUT2D eigenvalue weighted by molar-refractivity contribution is -0.121. The number of amides is 1. The third-order valence-corrected chi connectivity index (χ3v) is 2.81. The van der Waals surface area contributed by atoms with E-state index in [1.165, 1.54) is 6.07 Å². The SMILES string of the molecule is O=C(CCNc1c(F)cccc1F)NCc1ccccn1. The molecule has 6 heteroatoms. The zero-order chi connectivity index (χ0) is 15.1. The van der Waals surface area contributed by atoms with Gasteiger partial charge in [-0.05, 0) is 24.3 Å². The second-order valence-corrected chi connectivity index (χ2v) is 4.37. The Balaban J connectivity index is 1.75. The van der Waals surface area contributed by atoms with Gasteiger partial charge in [-0.25, -0.2) is 8.78 Å². The molecular weight excluding hydrogens is 276 g/mol. The number of halogens is 2. The highest BCUT2D eigenvalue weighted by Crippen LogP contribution is 2.17. The summed E-state index contributed by atoms with van der Waals surface area (Å²) in [5.41, 5.74) is 0.536. The van der Waals surface area contributed by atoms with Crippen LogP contribution in [-0.4, -0.2) is 17.4 Å². The summed E-state index contributed by atoms with van der Waals surface area (Å²) in [4.78, 5) is 15.7. The number of rotatable bonds is 6. The molecule has 0 saturated heterocycles. The molecule has 1 amide bonds. The molecule has 0 aliphatic carbocycles. The van der Waals surface area contributed by atoms with Gasteiger partial charge in [0.1, 0.15) is 17.3 Å². The third-order valence-electron chi connectivity index (χ3n) is 2.81. The second-order valence-electron chi connectivity index (χ2n) is 4.37. The minimum atomic E-state index is -0.677. The van der Waals surface area contributed by atoms with E-state index in [9.17, 15) is 13.6 Å². The summed E-state index contributed by atoms with van der Waals surface area (Å²) in [5.74, 6) is -1.57. The fourth-order valence-electron chi connectivity index (χ4n) is 1.75. The van der Waals surface area contributed by atoms with Gasteiger partial charge in [-0.2, -0.15) is 0 Å². The summed E-state index contributed by atoms with van der Waals surface area (Å²) in [5, 5.41) is 5.27. The minimum absolute atomic E-state index is 0.112. The van der Waals surface area contributed by atoms with Crippen molar-refractivity contribution < 1.29 is 13.6 Å². The molecule has 0 spiro atoms. The number of carbonyl (C=O) groups is 1. The summed E-state index contributed by atoms with van der Waals surface area (Å²) in [7, 11) is 0. The maximum Gasteiger partial charge on any atom is 0.222 e. The summed E-state index contributed by atoms with van der Waals surface area (Å²) in [6.07, 6.45) is 1.75. The Morgan fingerprint density at radius 1 is 1.10 bits per heavy atom. The van der Waals surface area contributed by atoms with Crippen LogP contribution in [0.3, 0.4) is 0 Å². The minimum Gasteiger partial charge on any atom is -0.380 e. The Bertz CT molecular complexity index is 585. The van der Waals surface area contributed by atoms with E-state index in [4.69, 9.17) is 0 Å². The van der Waals surface area contributed by atoms with Crippen LogP contribution < -0.4 is 10.6 Å². The largest absolute Gasteiger partial charge is 0.380 e. The highest BCUT2D eigenvalue weighted by atomic mass is 19.1. The number of hydrogen-bond donors (Lipinski definition) is 2. The monoisotopic (exact) mass is 291 g/mol.